The van der Waals surface area contributed by atoms with Gasteiger partial charge in [-0.2, -0.15) is 15.0 Å². The summed E-state index contributed by atoms with van der Waals surface area (Å²) in [6, 6.07) is 5.21. The van der Waals surface area contributed by atoms with Crippen LogP contribution in [-0.4, -0.2) is 63.7 Å². The Bertz CT molecular complexity index is 1010. The van der Waals surface area contributed by atoms with Gasteiger partial charge in [0.2, 0.25) is 11.9 Å². The molecule has 0 radical (unpaired) electrons. The van der Waals surface area contributed by atoms with Gasteiger partial charge in [-0.15, -0.1) is 0 Å². The Morgan fingerprint density at radius 2 is 1.94 bits per heavy atom. The number of likely N-dealkylation sites (tertiary alicyclic amines) is 1. The van der Waals surface area contributed by atoms with Crippen molar-refractivity contribution in [3.05, 3.63) is 29.6 Å². The first-order valence-electron chi connectivity index (χ1n) is 12.7. The van der Waals surface area contributed by atoms with Crippen LogP contribution in [0, 0.1) is 0 Å². The Kier molecular flexibility index (Phi) is 8.35. The molecule has 0 bridgehead atoms. The van der Waals surface area contributed by atoms with Crippen LogP contribution in [0.15, 0.2) is 18.2 Å². The highest BCUT2D eigenvalue weighted by molar-refractivity contribution is 5.92. The standard InChI is InChI=1S/C25H37N7O3/c1-3-31-14-8-11-19(31)16-27-24-28-22(17-9-6-4-5-7-10-17)29-25(30-24)32(26)18-12-13-21(35-2)20(15-18)23(33)34/h12-13,15,17,19H,3-11,14,16,26H2,1-2H3,(H,33,34)(H,27,28,29,30). The number of carbonyl (C=O) groups is 1. The van der Waals surface area contributed by atoms with Crippen molar-refractivity contribution in [1.82, 2.24) is 19.9 Å². The zero-order valence-corrected chi connectivity index (χ0v) is 20.7. The Morgan fingerprint density at radius 3 is 2.63 bits per heavy atom. The highest BCUT2D eigenvalue weighted by atomic mass is 16.5. The summed E-state index contributed by atoms with van der Waals surface area (Å²) in [5, 5.41) is 14.3. The average Bonchev–Trinajstić information content (AvgIpc) is 3.17. The highest BCUT2D eigenvalue weighted by Crippen LogP contribution is 2.32. The number of rotatable bonds is 9. The van der Waals surface area contributed by atoms with E-state index in [0.717, 1.165) is 57.6 Å². The smallest absolute Gasteiger partial charge is 0.339 e. The first-order chi connectivity index (χ1) is 17.0. The van der Waals surface area contributed by atoms with E-state index < -0.39 is 5.97 Å². The maximum atomic E-state index is 11.7. The number of nitrogens with one attached hydrogen (secondary N) is 1. The molecule has 1 unspecified atom stereocenters. The number of nitrogens with zero attached hydrogens (tertiary/aromatic N) is 5. The number of benzene rings is 1. The molecule has 1 saturated heterocycles. The second-order valence-electron chi connectivity index (χ2n) is 9.37. The van der Waals surface area contributed by atoms with Crippen LogP contribution in [0.2, 0.25) is 0 Å². The van der Waals surface area contributed by atoms with Crippen LogP contribution in [0.4, 0.5) is 17.6 Å². The van der Waals surface area contributed by atoms with Gasteiger partial charge in [-0.25, -0.2) is 15.6 Å². The Balaban J connectivity index is 1.64. The van der Waals surface area contributed by atoms with Crippen molar-refractivity contribution in [2.24, 2.45) is 5.84 Å². The fourth-order valence-electron chi connectivity index (χ4n) is 5.17. The van der Waals surface area contributed by atoms with Crippen LogP contribution >= 0.6 is 0 Å². The maximum absolute atomic E-state index is 11.7. The average molecular weight is 484 g/mol. The number of aromatic nitrogens is 3. The van der Waals surface area contributed by atoms with Gasteiger partial charge < -0.3 is 15.2 Å². The third-order valence-corrected chi connectivity index (χ3v) is 7.17. The Morgan fingerprint density at radius 1 is 1.17 bits per heavy atom. The minimum atomic E-state index is -1.09. The summed E-state index contributed by atoms with van der Waals surface area (Å²) in [4.78, 5) is 28.4. The third kappa shape index (κ3) is 5.99. The molecular formula is C25H37N7O3. The van der Waals surface area contributed by atoms with Crippen LogP contribution in [0.3, 0.4) is 0 Å². The van der Waals surface area contributed by atoms with Gasteiger partial charge in [0.15, 0.2) is 0 Å². The maximum Gasteiger partial charge on any atom is 0.339 e. The minimum Gasteiger partial charge on any atom is -0.496 e. The molecular weight excluding hydrogens is 446 g/mol. The number of likely N-dealkylation sites (N-methyl/N-ethyl adjacent to an activating group) is 1. The van der Waals surface area contributed by atoms with E-state index in [9.17, 15) is 9.90 Å². The van der Waals surface area contributed by atoms with E-state index in [4.69, 9.17) is 20.5 Å². The second-order valence-corrected chi connectivity index (χ2v) is 9.37. The summed E-state index contributed by atoms with van der Waals surface area (Å²) in [5.74, 6) is 7.44. The lowest BCUT2D eigenvalue weighted by Gasteiger charge is -2.24. The summed E-state index contributed by atoms with van der Waals surface area (Å²) in [5.41, 5.74) is 0.484. The van der Waals surface area contributed by atoms with Gasteiger partial charge in [-0.05, 0) is 57.0 Å². The number of hydrogen-bond acceptors (Lipinski definition) is 9. The summed E-state index contributed by atoms with van der Waals surface area (Å²) in [7, 11) is 1.44. The van der Waals surface area contributed by atoms with E-state index in [1.807, 2.05) is 0 Å². The largest absolute Gasteiger partial charge is 0.496 e. The molecule has 35 heavy (non-hydrogen) atoms. The third-order valence-electron chi connectivity index (χ3n) is 7.17. The number of ether oxygens (including phenoxy) is 1. The van der Waals surface area contributed by atoms with E-state index in [1.165, 1.54) is 37.4 Å². The normalized spacial score (nSPS) is 19.3. The number of anilines is 3. The topological polar surface area (TPSA) is 130 Å². The molecule has 0 spiro atoms. The molecule has 2 aliphatic rings. The number of carboxylic acid groups (broad SMARTS) is 1. The monoisotopic (exact) mass is 483 g/mol. The summed E-state index contributed by atoms with van der Waals surface area (Å²) < 4.78 is 5.18. The molecule has 1 aliphatic heterocycles. The first kappa shape index (κ1) is 25.1. The molecule has 2 fully saturated rings. The van der Waals surface area contributed by atoms with Gasteiger partial charge in [0.1, 0.15) is 17.1 Å². The zero-order valence-electron chi connectivity index (χ0n) is 20.7. The number of nitrogens with two attached hydrogens (primary N) is 1. The molecule has 1 aliphatic carbocycles. The van der Waals surface area contributed by atoms with E-state index in [2.05, 4.69) is 22.1 Å². The quantitative estimate of drug-likeness (QED) is 0.274. The molecule has 10 heteroatoms. The predicted octanol–water partition coefficient (Wildman–Crippen LogP) is 3.92. The van der Waals surface area contributed by atoms with E-state index in [-0.39, 0.29) is 17.2 Å². The van der Waals surface area contributed by atoms with Crippen LogP contribution < -0.4 is 20.9 Å². The van der Waals surface area contributed by atoms with E-state index in [0.29, 0.717) is 23.6 Å². The first-order valence-corrected chi connectivity index (χ1v) is 12.7. The van der Waals surface area contributed by atoms with E-state index in [1.54, 1.807) is 12.1 Å². The van der Waals surface area contributed by atoms with Crippen molar-refractivity contribution < 1.29 is 14.6 Å². The Labute approximate surface area is 206 Å². The number of aromatic carboxylic acids is 1. The molecule has 190 valence electrons. The second kappa shape index (κ2) is 11.6. The molecule has 4 rings (SSSR count). The van der Waals surface area contributed by atoms with Crippen molar-refractivity contribution in [2.45, 2.75) is 70.3 Å². The molecule has 1 aromatic heterocycles. The summed E-state index contributed by atoms with van der Waals surface area (Å²) in [6.07, 6.45) is 9.25. The fourth-order valence-corrected chi connectivity index (χ4v) is 5.17. The number of hydrazine groups is 1. The lowest BCUT2D eigenvalue weighted by Crippen LogP contribution is -2.35. The molecule has 0 amide bonds. The molecule has 2 aromatic rings. The van der Waals surface area contributed by atoms with Gasteiger partial charge in [0.05, 0.1) is 12.8 Å². The SMILES string of the molecule is CCN1CCCC1CNc1nc(C2CCCCCC2)nc(N(N)c2ccc(OC)c(C(=O)O)c2)n1. The molecule has 10 nitrogen and oxygen atoms in total. The highest BCUT2D eigenvalue weighted by Gasteiger charge is 2.25. The number of hydrogen-bond donors (Lipinski definition) is 3. The molecule has 4 N–H and O–H groups in total. The van der Waals surface area contributed by atoms with Crippen LogP contribution in [-0.2, 0) is 0 Å². The molecule has 1 atom stereocenters. The van der Waals surface area contributed by atoms with Crippen molar-refractivity contribution in [2.75, 3.05) is 37.1 Å². The van der Waals surface area contributed by atoms with Gasteiger partial charge in [-0.1, -0.05) is 32.6 Å². The van der Waals surface area contributed by atoms with Gasteiger partial charge in [0, 0.05) is 18.5 Å². The summed E-state index contributed by atoms with van der Waals surface area (Å²) >= 11 is 0. The lowest BCUT2D eigenvalue weighted by molar-refractivity contribution is 0.0693. The van der Waals surface area contributed by atoms with Gasteiger partial charge >= 0.3 is 5.97 Å². The van der Waals surface area contributed by atoms with Crippen molar-refractivity contribution in [1.29, 1.82) is 0 Å². The zero-order chi connectivity index (χ0) is 24.8. The number of methoxy groups -OCH3 is 1. The van der Waals surface area contributed by atoms with Crippen LogP contribution in [0.1, 0.15) is 80.4 Å². The summed E-state index contributed by atoms with van der Waals surface area (Å²) in [6.45, 7) is 5.11. The molecule has 1 aromatic carbocycles. The molecule has 2 heterocycles. The Hall–Kier alpha value is -2.98. The minimum absolute atomic E-state index is 0.0257. The fraction of sp³-hybridized carbons (Fsp3) is 0.600. The van der Waals surface area contributed by atoms with Gasteiger partial charge in [0.25, 0.3) is 0 Å². The van der Waals surface area contributed by atoms with E-state index >= 15 is 0 Å². The van der Waals surface area contributed by atoms with Crippen LogP contribution in [0.5, 0.6) is 5.75 Å². The van der Waals surface area contributed by atoms with Crippen molar-refractivity contribution >= 4 is 23.6 Å². The lowest BCUT2D eigenvalue weighted by atomic mass is 10.00. The van der Waals surface area contributed by atoms with Crippen molar-refractivity contribution in [3.8, 4) is 5.75 Å². The molecule has 1 saturated carbocycles. The van der Waals surface area contributed by atoms with Gasteiger partial charge in [-0.3, -0.25) is 4.90 Å². The van der Waals surface area contributed by atoms with Crippen molar-refractivity contribution in [3.63, 3.8) is 0 Å². The van der Waals surface area contributed by atoms with Crippen LogP contribution in [0.25, 0.3) is 0 Å². The predicted molar refractivity (Wildman–Crippen MR) is 135 cm³/mol. The number of carboxylic acids is 1.